The molecule has 3 aromatic rings. The molecule has 1 unspecified atom stereocenters. The van der Waals surface area contributed by atoms with Gasteiger partial charge in [-0.05, 0) is 73.7 Å². The van der Waals surface area contributed by atoms with E-state index in [4.69, 9.17) is 4.98 Å². The first-order chi connectivity index (χ1) is 13.3. The minimum absolute atomic E-state index is 0.523. The second kappa shape index (κ2) is 8.45. The zero-order valence-electron chi connectivity index (χ0n) is 16.0. The van der Waals surface area contributed by atoms with Gasteiger partial charge in [0.05, 0.1) is 0 Å². The molecule has 1 aromatic carbocycles. The van der Waals surface area contributed by atoms with Crippen molar-refractivity contribution in [3.63, 3.8) is 0 Å². The molecule has 2 aromatic heterocycles. The van der Waals surface area contributed by atoms with E-state index in [1.807, 2.05) is 12.4 Å². The molecular formula is C24H27N3. The highest BCUT2D eigenvalue weighted by molar-refractivity contribution is 5.30. The van der Waals surface area contributed by atoms with E-state index in [0.29, 0.717) is 5.92 Å². The van der Waals surface area contributed by atoms with E-state index in [1.165, 1.54) is 41.8 Å². The quantitative estimate of drug-likeness (QED) is 0.659. The van der Waals surface area contributed by atoms with Crippen molar-refractivity contribution in [2.75, 3.05) is 13.1 Å². The Bertz CT molecular complexity index is 861. The lowest BCUT2D eigenvalue weighted by Crippen LogP contribution is -2.34. The van der Waals surface area contributed by atoms with Crippen molar-refractivity contribution in [2.24, 2.45) is 0 Å². The highest BCUT2D eigenvalue weighted by Gasteiger charge is 2.23. The number of nitrogens with zero attached hydrogens (tertiary/aromatic N) is 3. The molecule has 0 bridgehead atoms. The van der Waals surface area contributed by atoms with Gasteiger partial charge in [-0.25, -0.2) is 0 Å². The number of piperidine rings is 1. The topological polar surface area (TPSA) is 29.0 Å². The average molecular weight is 358 g/mol. The van der Waals surface area contributed by atoms with E-state index in [2.05, 4.69) is 71.4 Å². The summed E-state index contributed by atoms with van der Waals surface area (Å²) in [7, 11) is 0. The van der Waals surface area contributed by atoms with Crippen LogP contribution in [0.15, 0.2) is 67.0 Å². The number of benzene rings is 1. The molecule has 0 radical (unpaired) electrons. The van der Waals surface area contributed by atoms with Crippen molar-refractivity contribution in [1.82, 2.24) is 14.9 Å². The van der Waals surface area contributed by atoms with Gasteiger partial charge in [0.1, 0.15) is 0 Å². The molecule has 1 fully saturated rings. The third-order valence-electron chi connectivity index (χ3n) is 5.36. The van der Waals surface area contributed by atoms with Crippen LogP contribution in [0.2, 0.25) is 0 Å². The SMILES string of the molecule is Cc1cc(Cc2ccccc2)cc(C2CCCN(Cc3ccncc3)C2)n1. The van der Waals surface area contributed by atoms with Gasteiger partial charge < -0.3 is 0 Å². The average Bonchev–Trinajstić information content (AvgIpc) is 2.69. The van der Waals surface area contributed by atoms with Crippen molar-refractivity contribution in [3.05, 3.63) is 95.1 Å². The van der Waals surface area contributed by atoms with Crippen molar-refractivity contribution in [2.45, 2.75) is 38.6 Å². The molecule has 4 rings (SSSR count). The molecule has 0 spiro atoms. The minimum atomic E-state index is 0.523. The molecule has 1 saturated heterocycles. The van der Waals surface area contributed by atoms with Gasteiger partial charge in [0.2, 0.25) is 0 Å². The Morgan fingerprint density at radius 2 is 1.78 bits per heavy atom. The smallest absolute Gasteiger partial charge is 0.0453 e. The molecule has 1 aliphatic heterocycles. The van der Waals surface area contributed by atoms with Gasteiger partial charge >= 0.3 is 0 Å². The Hall–Kier alpha value is -2.52. The number of aromatic nitrogens is 2. The van der Waals surface area contributed by atoms with Crippen LogP contribution in [0.25, 0.3) is 0 Å². The molecule has 0 saturated carbocycles. The summed E-state index contributed by atoms with van der Waals surface area (Å²) >= 11 is 0. The predicted molar refractivity (Wildman–Crippen MR) is 110 cm³/mol. The lowest BCUT2D eigenvalue weighted by atomic mass is 9.92. The molecule has 0 N–H and O–H groups in total. The zero-order chi connectivity index (χ0) is 18.5. The van der Waals surface area contributed by atoms with E-state index in [1.54, 1.807) is 0 Å². The Balaban J connectivity index is 1.48. The summed E-state index contributed by atoms with van der Waals surface area (Å²) < 4.78 is 0. The number of aryl methyl sites for hydroxylation is 1. The fourth-order valence-electron chi connectivity index (χ4n) is 4.10. The largest absolute Gasteiger partial charge is 0.298 e. The van der Waals surface area contributed by atoms with Crippen molar-refractivity contribution in [1.29, 1.82) is 0 Å². The molecule has 3 nitrogen and oxygen atoms in total. The van der Waals surface area contributed by atoms with E-state index < -0.39 is 0 Å². The van der Waals surface area contributed by atoms with Crippen LogP contribution in [0.4, 0.5) is 0 Å². The van der Waals surface area contributed by atoms with Gasteiger partial charge in [-0.2, -0.15) is 0 Å². The molecule has 1 atom stereocenters. The van der Waals surface area contributed by atoms with Gasteiger partial charge in [0.15, 0.2) is 0 Å². The molecule has 138 valence electrons. The molecule has 3 heteroatoms. The first-order valence-corrected chi connectivity index (χ1v) is 9.89. The maximum Gasteiger partial charge on any atom is 0.0453 e. The highest BCUT2D eigenvalue weighted by Crippen LogP contribution is 2.28. The number of pyridine rings is 2. The predicted octanol–water partition coefficient (Wildman–Crippen LogP) is 4.76. The molecule has 27 heavy (non-hydrogen) atoms. The van der Waals surface area contributed by atoms with Gasteiger partial charge in [-0.15, -0.1) is 0 Å². The Labute approximate surface area is 162 Å². The fourth-order valence-corrected chi connectivity index (χ4v) is 4.10. The van der Waals surface area contributed by atoms with Crippen molar-refractivity contribution >= 4 is 0 Å². The minimum Gasteiger partial charge on any atom is -0.298 e. The maximum atomic E-state index is 4.90. The number of likely N-dealkylation sites (tertiary alicyclic amines) is 1. The Morgan fingerprint density at radius 1 is 0.963 bits per heavy atom. The molecule has 1 aliphatic rings. The highest BCUT2D eigenvalue weighted by atomic mass is 15.1. The second-order valence-corrected chi connectivity index (χ2v) is 7.63. The van der Waals surface area contributed by atoms with Crippen molar-refractivity contribution in [3.8, 4) is 0 Å². The van der Waals surface area contributed by atoms with E-state index in [9.17, 15) is 0 Å². The van der Waals surface area contributed by atoms with E-state index in [0.717, 1.165) is 25.2 Å². The van der Waals surface area contributed by atoms with Gasteiger partial charge in [-0.1, -0.05) is 30.3 Å². The number of rotatable bonds is 5. The lowest BCUT2D eigenvalue weighted by Gasteiger charge is -2.32. The monoisotopic (exact) mass is 357 g/mol. The normalized spacial score (nSPS) is 17.7. The van der Waals surface area contributed by atoms with Gasteiger partial charge in [-0.3, -0.25) is 14.9 Å². The van der Waals surface area contributed by atoms with Crippen LogP contribution in [0.1, 0.15) is 46.8 Å². The first kappa shape index (κ1) is 17.9. The maximum absolute atomic E-state index is 4.90. The van der Waals surface area contributed by atoms with Gasteiger partial charge in [0, 0.05) is 42.8 Å². The fraction of sp³-hybridized carbons (Fsp3) is 0.333. The summed E-state index contributed by atoms with van der Waals surface area (Å²) in [6, 6.07) is 19.5. The summed E-state index contributed by atoms with van der Waals surface area (Å²) in [6.45, 7) is 5.38. The van der Waals surface area contributed by atoms with Gasteiger partial charge in [0.25, 0.3) is 0 Å². The molecular weight excluding hydrogens is 330 g/mol. The number of hydrogen-bond donors (Lipinski definition) is 0. The van der Waals surface area contributed by atoms with Crippen LogP contribution in [-0.2, 0) is 13.0 Å². The van der Waals surface area contributed by atoms with Crippen LogP contribution < -0.4 is 0 Å². The first-order valence-electron chi connectivity index (χ1n) is 9.89. The lowest BCUT2D eigenvalue weighted by molar-refractivity contribution is 0.198. The Kier molecular flexibility index (Phi) is 5.59. The van der Waals surface area contributed by atoms with Crippen LogP contribution >= 0.6 is 0 Å². The van der Waals surface area contributed by atoms with Crippen LogP contribution in [-0.4, -0.2) is 28.0 Å². The summed E-state index contributed by atoms with van der Waals surface area (Å²) in [6.07, 6.45) is 7.21. The Morgan fingerprint density at radius 3 is 2.59 bits per heavy atom. The summed E-state index contributed by atoms with van der Waals surface area (Å²) in [5, 5.41) is 0. The summed E-state index contributed by atoms with van der Waals surface area (Å²) in [5.74, 6) is 0.523. The standard InChI is InChI=1S/C24H27N3/c1-19-14-22(15-20-6-3-2-4-7-20)16-24(26-19)23-8-5-13-27(18-23)17-21-9-11-25-12-10-21/h2-4,6-7,9-12,14,16,23H,5,8,13,15,17-18H2,1H3. The van der Waals surface area contributed by atoms with Crippen LogP contribution in [0.5, 0.6) is 0 Å². The molecule has 0 amide bonds. The summed E-state index contributed by atoms with van der Waals surface area (Å²) in [4.78, 5) is 11.6. The van der Waals surface area contributed by atoms with Crippen LogP contribution in [0.3, 0.4) is 0 Å². The summed E-state index contributed by atoms with van der Waals surface area (Å²) in [5.41, 5.74) is 6.46. The van der Waals surface area contributed by atoms with Crippen LogP contribution in [0, 0.1) is 6.92 Å². The molecule has 3 heterocycles. The molecule has 0 aliphatic carbocycles. The second-order valence-electron chi connectivity index (χ2n) is 7.63. The third kappa shape index (κ3) is 4.81. The number of hydrogen-bond acceptors (Lipinski definition) is 3. The van der Waals surface area contributed by atoms with E-state index in [-0.39, 0.29) is 0 Å². The zero-order valence-corrected chi connectivity index (χ0v) is 16.0. The third-order valence-corrected chi connectivity index (χ3v) is 5.36. The van der Waals surface area contributed by atoms with Crippen molar-refractivity contribution < 1.29 is 0 Å². The van der Waals surface area contributed by atoms with E-state index >= 15 is 0 Å².